The summed E-state index contributed by atoms with van der Waals surface area (Å²) in [7, 11) is 1.65. The van der Waals surface area contributed by atoms with E-state index in [1.165, 1.54) is 0 Å². The number of rotatable bonds is 3. The summed E-state index contributed by atoms with van der Waals surface area (Å²) in [5.74, 6) is 0.824. The van der Waals surface area contributed by atoms with Gasteiger partial charge in [0.05, 0.1) is 30.3 Å². The van der Waals surface area contributed by atoms with E-state index in [2.05, 4.69) is 11.1 Å². The molecule has 1 aromatic heterocycles. The van der Waals surface area contributed by atoms with E-state index in [4.69, 9.17) is 17.0 Å². The molecule has 0 aliphatic carbocycles. The van der Waals surface area contributed by atoms with E-state index in [9.17, 15) is 5.26 Å². The number of hydrogen-bond acceptors (Lipinski definition) is 3. The van der Waals surface area contributed by atoms with Gasteiger partial charge in [0.2, 0.25) is 0 Å². The number of benzene rings is 2. The van der Waals surface area contributed by atoms with Crippen LogP contribution in [0.15, 0.2) is 42.5 Å². The summed E-state index contributed by atoms with van der Waals surface area (Å²) in [6, 6.07) is 15.6. The SMILES string of the molecule is COc1ccccc1Cn1c(=S)[nH]c2c(C#N)cccc21. The zero-order chi connectivity index (χ0) is 14.8. The van der Waals surface area contributed by atoms with Crippen molar-refractivity contribution in [2.45, 2.75) is 6.54 Å². The van der Waals surface area contributed by atoms with Crippen molar-refractivity contribution in [3.63, 3.8) is 0 Å². The van der Waals surface area contributed by atoms with Gasteiger partial charge in [-0.1, -0.05) is 24.3 Å². The number of H-pyrrole nitrogens is 1. The second-order valence-electron chi connectivity index (χ2n) is 4.64. The fraction of sp³-hybridized carbons (Fsp3) is 0.125. The molecule has 3 aromatic rings. The van der Waals surface area contributed by atoms with E-state index in [0.717, 1.165) is 22.3 Å². The molecule has 4 nitrogen and oxygen atoms in total. The molecule has 5 heteroatoms. The summed E-state index contributed by atoms with van der Waals surface area (Å²) in [6.07, 6.45) is 0. The van der Waals surface area contributed by atoms with Gasteiger partial charge >= 0.3 is 0 Å². The largest absolute Gasteiger partial charge is 0.496 e. The van der Waals surface area contributed by atoms with Crippen molar-refractivity contribution < 1.29 is 4.74 Å². The summed E-state index contributed by atoms with van der Waals surface area (Å²) >= 11 is 5.40. The zero-order valence-electron chi connectivity index (χ0n) is 11.5. The average Bonchev–Trinajstić information content (AvgIpc) is 2.84. The molecule has 1 heterocycles. The van der Waals surface area contributed by atoms with Crippen LogP contribution in [0.2, 0.25) is 0 Å². The van der Waals surface area contributed by atoms with Gasteiger partial charge in [-0.05, 0) is 30.4 Å². The number of nitrogens with zero attached hydrogens (tertiary/aromatic N) is 2. The maximum atomic E-state index is 9.17. The molecule has 21 heavy (non-hydrogen) atoms. The molecular weight excluding hydrogens is 282 g/mol. The molecule has 104 valence electrons. The molecule has 0 radical (unpaired) electrons. The fourth-order valence-electron chi connectivity index (χ4n) is 2.43. The van der Waals surface area contributed by atoms with Crippen LogP contribution in [0.1, 0.15) is 11.1 Å². The minimum absolute atomic E-state index is 0.595. The van der Waals surface area contributed by atoms with Crippen LogP contribution in [0, 0.1) is 16.1 Å². The number of fused-ring (bicyclic) bond motifs is 1. The summed E-state index contributed by atoms with van der Waals surface area (Å²) in [5.41, 5.74) is 3.33. The molecule has 0 saturated carbocycles. The van der Waals surface area contributed by atoms with Gasteiger partial charge in [0.25, 0.3) is 0 Å². The van der Waals surface area contributed by atoms with Crippen LogP contribution in [0.3, 0.4) is 0 Å². The number of aromatic amines is 1. The van der Waals surface area contributed by atoms with E-state index in [1.807, 2.05) is 41.0 Å². The molecule has 0 saturated heterocycles. The second-order valence-corrected chi connectivity index (χ2v) is 5.03. The molecule has 0 spiro atoms. The number of nitrogens with one attached hydrogen (secondary N) is 1. The van der Waals surface area contributed by atoms with Gasteiger partial charge in [-0.2, -0.15) is 5.26 Å². The van der Waals surface area contributed by atoms with Crippen LogP contribution in [0.25, 0.3) is 11.0 Å². The van der Waals surface area contributed by atoms with Gasteiger partial charge in [0, 0.05) is 5.56 Å². The summed E-state index contributed by atoms with van der Waals surface area (Å²) in [6.45, 7) is 0.595. The van der Waals surface area contributed by atoms with Gasteiger partial charge in [-0.15, -0.1) is 0 Å². The van der Waals surface area contributed by atoms with E-state index in [0.29, 0.717) is 16.9 Å². The molecule has 0 atom stereocenters. The van der Waals surface area contributed by atoms with E-state index < -0.39 is 0 Å². The maximum absolute atomic E-state index is 9.17. The highest BCUT2D eigenvalue weighted by Gasteiger charge is 2.10. The number of para-hydroxylation sites is 2. The topological polar surface area (TPSA) is 53.7 Å². The molecule has 1 N–H and O–H groups in total. The Morgan fingerprint density at radius 1 is 1.24 bits per heavy atom. The lowest BCUT2D eigenvalue weighted by atomic mass is 10.2. The number of ether oxygens (including phenoxy) is 1. The molecule has 2 aromatic carbocycles. The van der Waals surface area contributed by atoms with Gasteiger partial charge in [0.1, 0.15) is 11.8 Å². The van der Waals surface area contributed by atoms with Crippen molar-refractivity contribution in [2.24, 2.45) is 0 Å². The van der Waals surface area contributed by atoms with Crippen molar-refractivity contribution in [3.8, 4) is 11.8 Å². The Morgan fingerprint density at radius 2 is 2.05 bits per heavy atom. The molecule has 0 bridgehead atoms. The van der Waals surface area contributed by atoms with Crippen LogP contribution in [0.4, 0.5) is 0 Å². The standard InChI is InChI=1S/C16H13N3OS/c1-20-14-8-3-2-5-12(14)10-19-13-7-4-6-11(9-17)15(13)18-16(19)21/h2-8H,10H2,1H3,(H,18,21). The average molecular weight is 295 g/mol. The lowest BCUT2D eigenvalue weighted by molar-refractivity contribution is 0.408. The second kappa shape index (κ2) is 5.43. The zero-order valence-corrected chi connectivity index (χ0v) is 12.3. The number of hydrogen-bond donors (Lipinski definition) is 1. The number of nitriles is 1. The fourth-order valence-corrected chi connectivity index (χ4v) is 2.70. The van der Waals surface area contributed by atoms with Gasteiger partial charge in [-0.25, -0.2) is 0 Å². The first kappa shape index (κ1) is 13.4. The molecule has 3 rings (SSSR count). The van der Waals surface area contributed by atoms with Crippen LogP contribution in [-0.4, -0.2) is 16.7 Å². The van der Waals surface area contributed by atoms with Crippen molar-refractivity contribution in [1.82, 2.24) is 9.55 Å². The van der Waals surface area contributed by atoms with E-state index >= 15 is 0 Å². The highest BCUT2D eigenvalue weighted by molar-refractivity contribution is 7.71. The molecule has 0 fully saturated rings. The number of imidazole rings is 1. The predicted molar refractivity (Wildman–Crippen MR) is 83.9 cm³/mol. The van der Waals surface area contributed by atoms with Crippen molar-refractivity contribution in [2.75, 3.05) is 7.11 Å². The van der Waals surface area contributed by atoms with Crippen molar-refractivity contribution in [3.05, 3.63) is 58.4 Å². The number of methoxy groups -OCH3 is 1. The van der Waals surface area contributed by atoms with Crippen LogP contribution < -0.4 is 4.74 Å². The predicted octanol–water partition coefficient (Wildman–Crippen LogP) is 3.63. The first-order chi connectivity index (χ1) is 10.2. The van der Waals surface area contributed by atoms with E-state index in [1.54, 1.807) is 13.2 Å². The molecule has 0 aliphatic heterocycles. The van der Waals surface area contributed by atoms with Gasteiger partial charge in [-0.3, -0.25) is 0 Å². The molecule has 0 amide bonds. The minimum atomic E-state index is 0.595. The maximum Gasteiger partial charge on any atom is 0.178 e. The highest BCUT2D eigenvalue weighted by atomic mass is 32.1. The van der Waals surface area contributed by atoms with Gasteiger partial charge < -0.3 is 14.3 Å². The van der Waals surface area contributed by atoms with Crippen LogP contribution >= 0.6 is 12.2 Å². The monoisotopic (exact) mass is 295 g/mol. The normalized spacial score (nSPS) is 10.5. The summed E-state index contributed by atoms with van der Waals surface area (Å²) < 4.78 is 7.95. The Labute approximate surface area is 127 Å². The number of aromatic nitrogens is 2. The Bertz CT molecular complexity index is 902. The van der Waals surface area contributed by atoms with Crippen LogP contribution in [0.5, 0.6) is 5.75 Å². The Hall–Kier alpha value is -2.58. The van der Waals surface area contributed by atoms with Gasteiger partial charge in [0.15, 0.2) is 4.77 Å². The van der Waals surface area contributed by atoms with Crippen LogP contribution in [-0.2, 0) is 6.54 Å². The molecule has 0 unspecified atom stereocenters. The van der Waals surface area contributed by atoms with Crippen molar-refractivity contribution in [1.29, 1.82) is 5.26 Å². The summed E-state index contributed by atoms with van der Waals surface area (Å²) in [5, 5.41) is 9.17. The summed E-state index contributed by atoms with van der Waals surface area (Å²) in [4.78, 5) is 3.12. The third kappa shape index (κ3) is 2.30. The van der Waals surface area contributed by atoms with E-state index in [-0.39, 0.29) is 0 Å². The third-order valence-corrected chi connectivity index (χ3v) is 3.77. The smallest absolute Gasteiger partial charge is 0.178 e. The lowest BCUT2D eigenvalue weighted by Gasteiger charge is -2.09. The quantitative estimate of drug-likeness (QED) is 0.751. The first-order valence-electron chi connectivity index (χ1n) is 6.48. The highest BCUT2D eigenvalue weighted by Crippen LogP contribution is 2.23. The molecular formula is C16H13N3OS. The Kier molecular flexibility index (Phi) is 3.46. The Morgan fingerprint density at radius 3 is 2.81 bits per heavy atom. The molecule has 0 aliphatic rings. The lowest BCUT2D eigenvalue weighted by Crippen LogP contribution is -2.01. The Balaban J connectivity index is 2.16. The first-order valence-corrected chi connectivity index (χ1v) is 6.89. The minimum Gasteiger partial charge on any atom is -0.496 e. The van der Waals surface area contributed by atoms with Crippen molar-refractivity contribution >= 4 is 23.3 Å². The third-order valence-electron chi connectivity index (χ3n) is 3.45.